The number of carbonyl (C=O) groups excluding carboxylic acids is 8. The molecule has 0 saturated heterocycles. The molecule has 1 N–H and O–H groups in total. The number of halogens is 6. The van der Waals surface area contributed by atoms with Crippen LogP contribution < -0.4 is 37.9 Å². The van der Waals surface area contributed by atoms with Gasteiger partial charge in [0, 0.05) is 48.6 Å². The number of benzene rings is 9. The van der Waals surface area contributed by atoms with Crippen LogP contribution in [0.2, 0.25) is 0 Å². The Morgan fingerprint density at radius 3 is 0.992 bits per heavy atom. The van der Waals surface area contributed by atoms with Gasteiger partial charge in [-0.1, -0.05) is 188 Å². The standard InChI is InChI=1S/C39H34O10.C22H18F6O5.C17H13NO3.C13H14O5.10CH4/c1-7-35(40)46-21-44-25-9-13-29(23(3)17-25)37(42)48-27-11-15-31-32-16-12-28(20-34(32)39(5,6)33(31)19-27)49-38(43)30-14-10-26(18-24(30)4)45-22-47-36(41)8-2;1-3-17(29)32-12-31-15-8-5-14(6-9-15)7-11-18(30)33-16-10-4-13(2)19(21(23,24)25)20(16)22(26,27)28;1-2-17(19)21-12-20-16-9-7-15(8-10-16)14-5-3-13(11-18)4-6-14;1-2-13(16)18-9-17-11-6-3-10(4-7-11)5-8-12(14)15;;;;;;;;;;/h7-20H,1-2,21-22H2,3-6H3;3-6,8-10H,1,7,11-12H2,2H3;2-10H,1,12H2;2-4,6-7H,1,5,8-9H2,(H,14,15);10*1H4. The summed E-state index contributed by atoms with van der Waals surface area (Å²) in [6, 6.07) is 52.0. The summed E-state index contributed by atoms with van der Waals surface area (Å²) in [4.78, 5) is 104. The smallest absolute Gasteiger partial charge is 0.420 e. The van der Waals surface area contributed by atoms with Gasteiger partial charge in [0.05, 0.1) is 28.3 Å². The van der Waals surface area contributed by atoms with Crippen LogP contribution in [0.3, 0.4) is 0 Å². The van der Waals surface area contributed by atoms with E-state index in [4.69, 9.17) is 57.7 Å². The lowest BCUT2D eigenvalue weighted by Crippen LogP contribution is -2.21. The van der Waals surface area contributed by atoms with E-state index in [0.29, 0.717) is 86.1 Å². The average molecular weight is 1830 g/mol. The minimum atomic E-state index is -5.39. The van der Waals surface area contributed by atoms with Gasteiger partial charge in [-0.2, -0.15) is 31.6 Å². The van der Waals surface area contributed by atoms with Gasteiger partial charge in [-0.3, -0.25) is 9.59 Å². The number of hydrogen-bond acceptors (Lipinski definition) is 23. The third-order valence-electron chi connectivity index (χ3n) is 17.3. The maximum atomic E-state index is 13.4. The number of alkyl halides is 6. The Hall–Kier alpha value is -15.0. The van der Waals surface area contributed by atoms with Gasteiger partial charge in [0.25, 0.3) is 0 Å². The topological polar surface area (TPSA) is 318 Å². The van der Waals surface area contributed by atoms with Crippen molar-refractivity contribution in [2.24, 2.45) is 0 Å². The molecule has 24 nitrogen and oxygen atoms in total. The molecule has 1 aliphatic carbocycles. The molecule has 9 aromatic carbocycles. The zero-order valence-electron chi connectivity index (χ0n) is 65.8. The van der Waals surface area contributed by atoms with Crippen LogP contribution in [0.5, 0.6) is 46.0 Å². The molecule has 0 unspecified atom stereocenters. The number of carboxylic acid groups (broad SMARTS) is 1. The van der Waals surface area contributed by atoms with Crippen LogP contribution in [0, 0.1) is 32.1 Å². The minimum absolute atomic E-state index is 0. The summed E-state index contributed by atoms with van der Waals surface area (Å²) in [7, 11) is 0. The van der Waals surface area contributed by atoms with Crippen molar-refractivity contribution in [3.05, 3.63) is 312 Å². The van der Waals surface area contributed by atoms with Gasteiger partial charge >= 0.3 is 66.1 Å². The molecule has 9 aromatic rings. The highest BCUT2D eigenvalue weighted by Crippen LogP contribution is 2.51. The van der Waals surface area contributed by atoms with E-state index in [9.17, 15) is 69.5 Å². The number of rotatable bonds is 32. The van der Waals surface area contributed by atoms with Crippen molar-refractivity contribution in [2.75, 3.05) is 34.0 Å². The molecule has 1 aliphatic rings. The lowest BCUT2D eigenvalue weighted by molar-refractivity contribution is -0.164. The molecular weight excluding hydrogens is 1710 g/mol. The van der Waals surface area contributed by atoms with Crippen molar-refractivity contribution in [1.82, 2.24) is 0 Å². The van der Waals surface area contributed by atoms with E-state index in [1.165, 1.54) is 12.1 Å². The van der Waals surface area contributed by atoms with Gasteiger partial charge in [-0.25, -0.2) is 33.6 Å². The van der Waals surface area contributed by atoms with E-state index in [1.54, 1.807) is 123 Å². The number of fused-ring (bicyclic) bond motifs is 3. The number of aryl methyl sites for hydroxylation is 5. The lowest BCUT2D eigenvalue weighted by Gasteiger charge is -2.22. The molecule has 131 heavy (non-hydrogen) atoms. The Morgan fingerprint density at radius 1 is 0.374 bits per heavy atom. The molecule has 708 valence electrons. The van der Waals surface area contributed by atoms with Crippen LogP contribution in [-0.4, -0.2) is 92.8 Å². The number of nitriles is 1. The fraction of sp³-hybridized carbons (Fsp3) is 0.267. The first-order valence-electron chi connectivity index (χ1n) is 36.1. The molecule has 0 radical (unpaired) electrons. The Bertz CT molecular complexity index is 5180. The highest BCUT2D eigenvalue weighted by molar-refractivity contribution is 5.94. The van der Waals surface area contributed by atoms with Crippen LogP contribution in [0.25, 0.3) is 22.3 Å². The van der Waals surface area contributed by atoms with E-state index >= 15 is 0 Å². The van der Waals surface area contributed by atoms with E-state index < -0.39 is 93.9 Å². The monoisotopic (exact) mass is 1830 g/mol. The van der Waals surface area contributed by atoms with E-state index in [1.807, 2.05) is 48.5 Å². The summed E-state index contributed by atoms with van der Waals surface area (Å²) in [5.41, 5.74) is 4.91. The Balaban J connectivity index is -0.000000859. The summed E-state index contributed by atoms with van der Waals surface area (Å²) in [6.45, 7) is 23.7. The molecule has 10 rings (SSSR count). The summed E-state index contributed by atoms with van der Waals surface area (Å²) in [6.07, 6.45) is -5.27. The van der Waals surface area contributed by atoms with Crippen molar-refractivity contribution in [2.45, 2.75) is 152 Å². The predicted molar refractivity (Wildman–Crippen MR) is 493 cm³/mol. The summed E-state index contributed by atoms with van der Waals surface area (Å²) in [5, 5.41) is 17.3. The first-order valence-corrected chi connectivity index (χ1v) is 36.1. The van der Waals surface area contributed by atoms with E-state index in [-0.39, 0.29) is 127 Å². The second-order valence-corrected chi connectivity index (χ2v) is 25.9. The number of esters is 8. The normalized spacial score (nSPS) is 10.3. The maximum absolute atomic E-state index is 13.4. The van der Waals surface area contributed by atoms with Gasteiger partial charge in [-0.15, -0.1) is 0 Å². The Kier molecular flexibility index (Phi) is 54.5. The van der Waals surface area contributed by atoms with Crippen molar-refractivity contribution < 1.29 is 136 Å². The fourth-order valence-corrected chi connectivity index (χ4v) is 11.2. The van der Waals surface area contributed by atoms with Crippen LogP contribution in [0.1, 0.15) is 177 Å². The van der Waals surface area contributed by atoms with Crippen molar-refractivity contribution in [1.29, 1.82) is 5.26 Å². The Labute approximate surface area is 764 Å². The molecule has 0 amide bonds. The third-order valence-corrected chi connectivity index (χ3v) is 17.3. The Morgan fingerprint density at radius 2 is 0.679 bits per heavy atom. The molecule has 0 fully saturated rings. The van der Waals surface area contributed by atoms with Crippen LogP contribution >= 0.6 is 0 Å². The number of ether oxygens (including phenoxy) is 13. The molecule has 0 aromatic heterocycles. The molecular formula is C101H119F6NO23. The van der Waals surface area contributed by atoms with Crippen molar-refractivity contribution >= 4 is 53.7 Å². The minimum Gasteiger partial charge on any atom is -0.481 e. The molecule has 0 heterocycles. The van der Waals surface area contributed by atoms with Gasteiger partial charge in [0.1, 0.15) is 51.6 Å². The maximum Gasteiger partial charge on any atom is 0.420 e. The average Bonchev–Trinajstić information content (AvgIpc) is 1.59. The number of carboxylic acids is 1. The van der Waals surface area contributed by atoms with E-state index in [0.717, 1.165) is 82.3 Å². The molecule has 0 atom stereocenters. The van der Waals surface area contributed by atoms with Crippen molar-refractivity contribution in [3.63, 3.8) is 0 Å². The number of aliphatic carboxylic acids is 1. The quantitative estimate of drug-likeness (QED) is 0.0102. The summed E-state index contributed by atoms with van der Waals surface area (Å²) in [5.74, 6) is -4.06. The number of nitrogens with zero attached hydrogens (tertiary/aromatic N) is 1. The highest BCUT2D eigenvalue weighted by atomic mass is 19.4. The fourth-order valence-electron chi connectivity index (χ4n) is 11.2. The van der Waals surface area contributed by atoms with Crippen LogP contribution in [0.15, 0.2) is 245 Å². The zero-order valence-corrected chi connectivity index (χ0v) is 65.8. The van der Waals surface area contributed by atoms with Crippen LogP contribution in [0.4, 0.5) is 26.3 Å². The predicted octanol–water partition coefficient (Wildman–Crippen LogP) is 24.2. The summed E-state index contributed by atoms with van der Waals surface area (Å²) < 4.78 is 146. The first-order chi connectivity index (χ1) is 57.6. The molecule has 0 bridgehead atoms. The number of hydrogen-bond donors (Lipinski definition) is 1. The van der Waals surface area contributed by atoms with Gasteiger partial charge in [-0.05, 0) is 210 Å². The van der Waals surface area contributed by atoms with Crippen molar-refractivity contribution in [3.8, 4) is 74.3 Å². The van der Waals surface area contributed by atoms with Crippen LogP contribution in [-0.2, 0) is 87.9 Å². The lowest BCUT2D eigenvalue weighted by atomic mass is 9.82. The van der Waals surface area contributed by atoms with Gasteiger partial charge in [0.2, 0.25) is 34.0 Å². The first kappa shape index (κ1) is 122. The second-order valence-electron chi connectivity index (χ2n) is 25.9. The zero-order chi connectivity index (χ0) is 88.6. The molecule has 0 aliphatic heterocycles. The van der Waals surface area contributed by atoms with Gasteiger partial charge < -0.3 is 66.7 Å². The number of carbonyl (C=O) groups is 9. The second kappa shape index (κ2) is 58.4. The van der Waals surface area contributed by atoms with E-state index in [2.05, 4.69) is 67.0 Å². The highest BCUT2D eigenvalue weighted by Gasteiger charge is 2.47. The molecule has 0 spiro atoms. The SMILES string of the molecule is C.C.C.C.C.C.C.C.C.C.C=CC(=O)OCOc1ccc(-c2ccc(C#N)cc2)cc1.C=CC(=O)OCOc1ccc(C(=O)Oc2ccc3c(c2)C(C)(C)c2cc(OC(=O)c4ccc(OCOC(=O)C=C)cc4C)ccc2-3)c(C)c1.C=CC(=O)OCOc1ccc(CCC(=O)O)cc1.C=CC(=O)OCOc1ccc(CCC(=O)Oc2ccc(C)c(C(F)(F)F)c2C(F)(F)F)cc1. The van der Waals surface area contributed by atoms with Gasteiger partial charge in [0.15, 0.2) is 0 Å². The molecule has 0 saturated carbocycles. The summed E-state index contributed by atoms with van der Waals surface area (Å²) >= 11 is 0. The molecule has 30 heteroatoms. The largest absolute Gasteiger partial charge is 0.481 e. The third kappa shape index (κ3) is 37.4.